The summed E-state index contributed by atoms with van der Waals surface area (Å²) >= 11 is 1.33. The third-order valence-electron chi connectivity index (χ3n) is 8.28. The lowest BCUT2D eigenvalue weighted by atomic mass is 9.81. The summed E-state index contributed by atoms with van der Waals surface area (Å²) in [6.45, 7) is 4.25. The lowest BCUT2D eigenvalue weighted by molar-refractivity contribution is -0.125. The van der Waals surface area contributed by atoms with Crippen molar-refractivity contribution in [2.45, 2.75) is 116 Å². The second-order valence-electron chi connectivity index (χ2n) is 11.1. The van der Waals surface area contributed by atoms with Crippen LogP contribution in [0.15, 0.2) is 12.1 Å². The Labute approximate surface area is 219 Å². The number of rotatable bonds is 8. The van der Waals surface area contributed by atoms with Gasteiger partial charge in [-0.05, 0) is 101 Å². The lowest BCUT2D eigenvalue weighted by Crippen LogP contribution is -2.49. The Hall–Kier alpha value is -2.15. The number of carbonyl (C=O) groups excluding carboxylic acids is 2. The minimum Gasteiger partial charge on any atom is -0.477 e. The van der Waals surface area contributed by atoms with E-state index in [4.69, 9.17) is 0 Å². The molecular weight excluding hydrogens is 472 g/mol. The molecule has 7 heteroatoms. The first-order chi connectivity index (χ1) is 17.4. The Bertz CT molecular complexity index is 968. The second-order valence-corrected chi connectivity index (χ2v) is 12.1. The van der Waals surface area contributed by atoms with Crippen molar-refractivity contribution in [2.75, 3.05) is 4.90 Å². The van der Waals surface area contributed by atoms with Crippen LogP contribution in [-0.4, -0.2) is 35.0 Å². The predicted octanol–water partition coefficient (Wildman–Crippen LogP) is 6.79. The summed E-state index contributed by atoms with van der Waals surface area (Å²) in [6, 6.07) is 2.10. The molecule has 1 heterocycles. The van der Waals surface area contributed by atoms with Crippen molar-refractivity contribution in [2.24, 2.45) is 11.8 Å². The topological polar surface area (TPSA) is 86.7 Å². The highest BCUT2D eigenvalue weighted by Crippen LogP contribution is 2.42. The molecule has 1 aromatic heterocycles. The maximum atomic E-state index is 14.1. The van der Waals surface area contributed by atoms with Crippen LogP contribution in [0.5, 0.6) is 0 Å². The molecule has 36 heavy (non-hydrogen) atoms. The summed E-state index contributed by atoms with van der Waals surface area (Å²) in [6.07, 6.45) is 15.0. The molecule has 2 fully saturated rings. The van der Waals surface area contributed by atoms with Gasteiger partial charge in [-0.1, -0.05) is 19.9 Å². The molecule has 0 unspecified atom stereocenters. The molecule has 0 saturated heterocycles. The van der Waals surface area contributed by atoms with Crippen LogP contribution in [0.1, 0.15) is 118 Å². The highest BCUT2D eigenvalue weighted by molar-refractivity contribution is 7.15. The molecule has 0 aromatic carbocycles. The van der Waals surface area contributed by atoms with E-state index >= 15 is 0 Å². The molecule has 2 N–H and O–H groups in total. The predicted molar refractivity (Wildman–Crippen MR) is 145 cm³/mol. The summed E-state index contributed by atoms with van der Waals surface area (Å²) < 4.78 is 0. The van der Waals surface area contributed by atoms with Crippen LogP contribution < -0.4 is 10.2 Å². The molecular formula is C29H42N2O4S. The van der Waals surface area contributed by atoms with Gasteiger partial charge in [0, 0.05) is 29.3 Å². The zero-order chi connectivity index (χ0) is 25.7. The van der Waals surface area contributed by atoms with E-state index in [9.17, 15) is 19.5 Å². The van der Waals surface area contributed by atoms with Crippen LogP contribution >= 0.6 is 11.3 Å². The highest BCUT2D eigenvalue weighted by atomic mass is 32.1. The summed E-state index contributed by atoms with van der Waals surface area (Å²) in [5, 5.41) is 13.3. The minimum atomic E-state index is -0.951. The molecule has 6 nitrogen and oxygen atoms in total. The average Bonchev–Trinajstić information content (AvgIpc) is 3.32. The number of hydrogen-bond donors (Lipinski definition) is 2. The number of nitrogens with zero attached hydrogens (tertiary/aromatic N) is 1. The van der Waals surface area contributed by atoms with Crippen molar-refractivity contribution < 1.29 is 19.5 Å². The highest BCUT2D eigenvalue weighted by Gasteiger charge is 2.38. The first-order valence-corrected chi connectivity index (χ1v) is 14.9. The molecule has 0 spiro atoms. The smallest absolute Gasteiger partial charge is 0.348 e. The number of thiophene rings is 1. The number of hydrogen-bond acceptors (Lipinski definition) is 4. The van der Waals surface area contributed by atoms with Crippen molar-refractivity contribution in [3.05, 3.63) is 21.9 Å². The maximum absolute atomic E-state index is 14.1. The Morgan fingerprint density at radius 2 is 1.78 bits per heavy atom. The molecule has 198 valence electrons. The van der Waals surface area contributed by atoms with Gasteiger partial charge in [0.25, 0.3) is 0 Å². The quantitative estimate of drug-likeness (QED) is 0.400. The van der Waals surface area contributed by atoms with Crippen molar-refractivity contribution in [3.63, 3.8) is 0 Å². The summed E-state index contributed by atoms with van der Waals surface area (Å²) in [7, 11) is 0. The third kappa shape index (κ3) is 6.39. The first-order valence-electron chi connectivity index (χ1n) is 14.1. The van der Waals surface area contributed by atoms with E-state index < -0.39 is 5.97 Å². The normalized spacial score (nSPS) is 26.7. The van der Waals surface area contributed by atoms with Gasteiger partial charge in [-0.2, -0.15) is 0 Å². The molecule has 2 amide bonds. The van der Waals surface area contributed by atoms with E-state index in [1.165, 1.54) is 23.3 Å². The third-order valence-corrected chi connectivity index (χ3v) is 9.47. The first kappa shape index (κ1) is 26.9. The summed E-state index contributed by atoms with van der Waals surface area (Å²) in [5.41, 5.74) is 1.82. The molecule has 0 radical (unpaired) electrons. The van der Waals surface area contributed by atoms with Crippen LogP contribution in [0.4, 0.5) is 5.69 Å². The molecule has 2 saturated carbocycles. The van der Waals surface area contributed by atoms with E-state index in [1.54, 1.807) is 0 Å². The van der Waals surface area contributed by atoms with Crippen molar-refractivity contribution in [1.82, 2.24) is 5.32 Å². The minimum absolute atomic E-state index is 0.0305. The number of amides is 2. The zero-order valence-corrected chi connectivity index (χ0v) is 22.7. The van der Waals surface area contributed by atoms with Gasteiger partial charge < -0.3 is 15.3 Å². The fourth-order valence-electron chi connectivity index (χ4n) is 6.14. The fourth-order valence-corrected chi connectivity index (χ4v) is 7.19. The lowest BCUT2D eigenvalue weighted by Gasteiger charge is -2.39. The van der Waals surface area contributed by atoms with Crippen LogP contribution in [0, 0.1) is 11.8 Å². The Morgan fingerprint density at radius 3 is 2.39 bits per heavy atom. The molecule has 0 bridgehead atoms. The number of carboxylic acids is 1. The van der Waals surface area contributed by atoms with Crippen LogP contribution in [0.25, 0.3) is 5.57 Å². The van der Waals surface area contributed by atoms with E-state index in [-0.39, 0.29) is 34.7 Å². The Balaban J connectivity index is 1.61. The number of carbonyl (C=O) groups is 3. The van der Waals surface area contributed by atoms with Crippen molar-refractivity contribution >= 4 is 40.4 Å². The van der Waals surface area contributed by atoms with Gasteiger partial charge in [0.15, 0.2) is 0 Å². The zero-order valence-electron chi connectivity index (χ0n) is 21.9. The van der Waals surface area contributed by atoms with Gasteiger partial charge in [-0.15, -0.1) is 11.3 Å². The number of anilines is 1. The number of nitrogens with one attached hydrogen (secondary N) is 1. The van der Waals surface area contributed by atoms with E-state index in [0.717, 1.165) is 81.9 Å². The number of aromatic carboxylic acids is 1. The van der Waals surface area contributed by atoms with Gasteiger partial charge >= 0.3 is 5.97 Å². The molecule has 4 rings (SSSR count). The molecule has 3 aliphatic carbocycles. The number of allylic oxidation sites excluding steroid dienone is 2. The molecule has 0 atom stereocenters. The molecule has 3 aliphatic rings. The monoisotopic (exact) mass is 514 g/mol. The Morgan fingerprint density at radius 1 is 1.06 bits per heavy atom. The summed E-state index contributed by atoms with van der Waals surface area (Å²) in [4.78, 5) is 41.7. The van der Waals surface area contributed by atoms with E-state index in [1.807, 2.05) is 17.9 Å². The van der Waals surface area contributed by atoms with Crippen molar-refractivity contribution in [3.8, 4) is 0 Å². The SMILES string of the molecule is CCCC(=O)NC1CCC(N(C(=O)C2CCC(C)CC2)c2cc(C3=CCCCC3)sc2C(=O)O)CC1. The molecule has 0 aliphatic heterocycles. The van der Waals surface area contributed by atoms with Gasteiger partial charge in [0.05, 0.1) is 5.69 Å². The van der Waals surface area contributed by atoms with Crippen LogP contribution in [0.3, 0.4) is 0 Å². The van der Waals surface area contributed by atoms with Crippen LogP contribution in [0.2, 0.25) is 0 Å². The largest absolute Gasteiger partial charge is 0.477 e. The van der Waals surface area contributed by atoms with Crippen LogP contribution in [-0.2, 0) is 9.59 Å². The average molecular weight is 515 g/mol. The van der Waals surface area contributed by atoms with E-state index in [2.05, 4.69) is 18.3 Å². The number of carboxylic acid groups (broad SMARTS) is 1. The standard InChI is InChI=1S/C29H42N2O4S/c1-3-7-26(32)30-22-14-16-23(17-15-22)31(28(33)21-12-10-19(2)11-13-21)24-18-25(36-27(24)29(34)35)20-8-5-4-6-9-20/h8,18-19,21-23H,3-7,9-17H2,1-2H3,(H,30,32)(H,34,35). The summed E-state index contributed by atoms with van der Waals surface area (Å²) in [5.74, 6) is -0.146. The second kappa shape index (κ2) is 12.4. The maximum Gasteiger partial charge on any atom is 0.348 e. The van der Waals surface area contributed by atoms with Gasteiger partial charge in [0.1, 0.15) is 4.88 Å². The fraction of sp³-hybridized carbons (Fsp3) is 0.690. The van der Waals surface area contributed by atoms with Crippen molar-refractivity contribution in [1.29, 1.82) is 0 Å². The van der Waals surface area contributed by atoms with Gasteiger partial charge in [-0.25, -0.2) is 4.79 Å². The van der Waals surface area contributed by atoms with Gasteiger partial charge in [-0.3, -0.25) is 9.59 Å². The van der Waals surface area contributed by atoms with E-state index in [0.29, 0.717) is 18.0 Å². The van der Waals surface area contributed by atoms with Gasteiger partial charge in [0.2, 0.25) is 11.8 Å². The molecule has 1 aromatic rings. The Kier molecular flexibility index (Phi) is 9.26.